The van der Waals surface area contributed by atoms with Crippen LogP contribution in [0.2, 0.25) is 5.02 Å². The van der Waals surface area contributed by atoms with Crippen LogP contribution in [0.3, 0.4) is 0 Å². The van der Waals surface area contributed by atoms with Crippen LogP contribution < -0.4 is 5.32 Å². The minimum absolute atomic E-state index is 0.227. The first-order valence-electron chi connectivity index (χ1n) is 6.42. The number of rotatable bonds is 4. The van der Waals surface area contributed by atoms with Gasteiger partial charge in [-0.2, -0.15) is 0 Å². The SMILES string of the molecule is Oc1ccc(Cl)cc1CNc1ccc(-c2cnco2)cc1. The summed E-state index contributed by atoms with van der Waals surface area (Å²) in [5, 5.41) is 13.6. The van der Waals surface area contributed by atoms with Crippen LogP contribution in [0.25, 0.3) is 11.3 Å². The fraction of sp³-hybridized carbons (Fsp3) is 0.0625. The summed E-state index contributed by atoms with van der Waals surface area (Å²) in [6, 6.07) is 12.8. The number of oxazole rings is 1. The maximum absolute atomic E-state index is 9.76. The van der Waals surface area contributed by atoms with Gasteiger partial charge in [0.25, 0.3) is 0 Å². The molecule has 0 saturated carbocycles. The van der Waals surface area contributed by atoms with Gasteiger partial charge >= 0.3 is 0 Å². The highest BCUT2D eigenvalue weighted by Crippen LogP contribution is 2.24. The fourth-order valence-electron chi connectivity index (χ4n) is 2.00. The number of benzene rings is 2. The van der Waals surface area contributed by atoms with Crippen molar-refractivity contribution >= 4 is 17.3 Å². The highest BCUT2D eigenvalue weighted by Gasteiger charge is 2.04. The first kappa shape index (κ1) is 13.5. The number of phenolic OH excluding ortho intramolecular Hbond substituents is 1. The number of hydrogen-bond donors (Lipinski definition) is 2. The second-order valence-electron chi connectivity index (χ2n) is 4.57. The van der Waals surface area contributed by atoms with Crippen molar-refractivity contribution in [1.29, 1.82) is 0 Å². The second-order valence-corrected chi connectivity index (χ2v) is 5.01. The molecule has 0 bridgehead atoms. The van der Waals surface area contributed by atoms with Gasteiger partial charge in [0, 0.05) is 28.4 Å². The number of aromatic nitrogens is 1. The van der Waals surface area contributed by atoms with Crippen molar-refractivity contribution in [2.45, 2.75) is 6.54 Å². The lowest BCUT2D eigenvalue weighted by Crippen LogP contribution is -1.99. The standard InChI is InChI=1S/C16H13ClN2O2/c17-13-3-6-15(20)12(7-13)8-19-14-4-1-11(2-5-14)16-9-18-10-21-16/h1-7,9-10,19-20H,8H2. The molecule has 0 radical (unpaired) electrons. The Morgan fingerprint density at radius 1 is 1.14 bits per heavy atom. The van der Waals surface area contributed by atoms with Gasteiger partial charge < -0.3 is 14.8 Å². The average Bonchev–Trinajstić information content (AvgIpc) is 3.03. The maximum Gasteiger partial charge on any atom is 0.181 e. The summed E-state index contributed by atoms with van der Waals surface area (Å²) in [5.41, 5.74) is 2.66. The van der Waals surface area contributed by atoms with Crippen LogP contribution in [-0.4, -0.2) is 10.1 Å². The monoisotopic (exact) mass is 300 g/mol. The van der Waals surface area contributed by atoms with Crippen LogP contribution in [0, 0.1) is 0 Å². The van der Waals surface area contributed by atoms with Gasteiger partial charge in [0.05, 0.1) is 6.20 Å². The second kappa shape index (κ2) is 5.89. The molecule has 0 unspecified atom stereocenters. The minimum atomic E-state index is 0.227. The molecule has 0 aliphatic rings. The Balaban J connectivity index is 1.70. The van der Waals surface area contributed by atoms with Gasteiger partial charge in [0.2, 0.25) is 0 Å². The van der Waals surface area contributed by atoms with E-state index in [-0.39, 0.29) is 5.75 Å². The van der Waals surface area contributed by atoms with Crippen molar-refractivity contribution in [3.63, 3.8) is 0 Å². The smallest absolute Gasteiger partial charge is 0.181 e. The Hall–Kier alpha value is -2.46. The molecule has 0 spiro atoms. The van der Waals surface area contributed by atoms with Gasteiger partial charge in [0.1, 0.15) is 5.75 Å². The summed E-state index contributed by atoms with van der Waals surface area (Å²) < 4.78 is 5.24. The third-order valence-electron chi connectivity index (χ3n) is 3.13. The molecule has 0 aliphatic carbocycles. The van der Waals surface area contributed by atoms with E-state index in [2.05, 4.69) is 10.3 Å². The zero-order chi connectivity index (χ0) is 14.7. The Bertz CT molecular complexity index is 725. The Morgan fingerprint density at radius 2 is 1.95 bits per heavy atom. The van der Waals surface area contributed by atoms with E-state index in [1.54, 1.807) is 24.4 Å². The Morgan fingerprint density at radius 3 is 2.67 bits per heavy atom. The molecule has 0 aliphatic heterocycles. The molecule has 0 saturated heterocycles. The molecule has 4 nitrogen and oxygen atoms in total. The van der Waals surface area contributed by atoms with E-state index in [1.807, 2.05) is 24.3 Å². The predicted octanol–water partition coefficient (Wildman–Crippen LogP) is 4.31. The number of anilines is 1. The van der Waals surface area contributed by atoms with E-state index < -0.39 is 0 Å². The van der Waals surface area contributed by atoms with E-state index in [4.69, 9.17) is 16.0 Å². The van der Waals surface area contributed by atoms with E-state index in [1.165, 1.54) is 6.39 Å². The number of phenols is 1. The Labute approximate surface area is 127 Å². The summed E-state index contributed by atoms with van der Waals surface area (Å²) in [6.45, 7) is 0.494. The van der Waals surface area contributed by atoms with Crippen molar-refractivity contribution in [2.24, 2.45) is 0 Å². The van der Waals surface area contributed by atoms with Gasteiger partial charge in [-0.05, 0) is 42.5 Å². The lowest BCUT2D eigenvalue weighted by molar-refractivity contribution is 0.469. The summed E-state index contributed by atoms with van der Waals surface area (Å²) in [7, 11) is 0. The number of aromatic hydroxyl groups is 1. The van der Waals surface area contributed by atoms with Crippen LogP contribution in [0.4, 0.5) is 5.69 Å². The van der Waals surface area contributed by atoms with Gasteiger partial charge in [-0.3, -0.25) is 0 Å². The van der Waals surface area contributed by atoms with E-state index in [9.17, 15) is 5.11 Å². The predicted molar refractivity (Wildman–Crippen MR) is 82.4 cm³/mol. The molecule has 21 heavy (non-hydrogen) atoms. The molecule has 1 aromatic heterocycles. The first-order valence-corrected chi connectivity index (χ1v) is 6.80. The van der Waals surface area contributed by atoms with Crippen molar-refractivity contribution in [1.82, 2.24) is 4.98 Å². The van der Waals surface area contributed by atoms with Crippen LogP contribution in [-0.2, 0) is 6.54 Å². The number of nitrogens with zero attached hydrogens (tertiary/aromatic N) is 1. The van der Waals surface area contributed by atoms with Gasteiger partial charge in [-0.25, -0.2) is 4.98 Å². The van der Waals surface area contributed by atoms with Gasteiger partial charge in [-0.1, -0.05) is 11.6 Å². The molecule has 0 atom stereocenters. The number of nitrogens with one attached hydrogen (secondary N) is 1. The molecule has 2 N–H and O–H groups in total. The molecular weight excluding hydrogens is 288 g/mol. The molecule has 2 aromatic carbocycles. The summed E-state index contributed by atoms with van der Waals surface area (Å²) in [6.07, 6.45) is 3.08. The first-order chi connectivity index (χ1) is 10.2. The highest BCUT2D eigenvalue weighted by atomic mass is 35.5. The van der Waals surface area contributed by atoms with E-state index >= 15 is 0 Å². The summed E-state index contributed by atoms with van der Waals surface area (Å²) in [4.78, 5) is 3.89. The van der Waals surface area contributed by atoms with Crippen LogP contribution in [0.15, 0.2) is 59.5 Å². The maximum atomic E-state index is 9.76. The summed E-state index contributed by atoms with van der Waals surface area (Å²) >= 11 is 5.92. The molecule has 3 aromatic rings. The van der Waals surface area contributed by atoms with Crippen molar-refractivity contribution in [2.75, 3.05) is 5.32 Å². The lowest BCUT2D eigenvalue weighted by Gasteiger charge is -2.09. The third-order valence-corrected chi connectivity index (χ3v) is 3.36. The molecular formula is C16H13ClN2O2. The molecule has 1 heterocycles. The number of hydrogen-bond acceptors (Lipinski definition) is 4. The summed E-state index contributed by atoms with van der Waals surface area (Å²) in [5.74, 6) is 0.958. The zero-order valence-electron chi connectivity index (χ0n) is 11.1. The highest BCUT2D eigenvalue weighted by molar-refractivity contribution is 6.30. The van der Waals surface area contributed by atoms with Crippen LogP contribution in [0.1, 0.15) is 5.56 Å². The quantitative estimate of drug-likeness (QED) is 0.753. The topological polar surface area (TPSA) is 58.3 Å². The zero-order valence-corrected chi connectivity index (χ0v) is 11.8. The van der Waals surface area contributed by atoms with Crippen molar-refractivity contribution in [3.05, 3.63) is 65.6 Å². The molecule has 3 rings (SSSR count). The van der Waals surface area contributed by atoms with Crippen molar-refractivity contribution in [3.8, 4) is 17.1 Å². The lowest BCUT2D eigenvalue weighted by atomic mass is 10.1. The van der Waals surface area contributed by atoms with Crippen molar-refractivity contribution < 1.29 is 9.52 Å². The molecule has 5 heteroatoms. The van der Waals surface area contributed by atoms with Crippen LogP contribution >= 0.6 is 11.6 Å². The average molecular weight is 301 g/mol. The van der Waals surface area contributed by atoms with Crippen LogP contribution in [0.5, 0.6) is 5.75 Å². The van der Waals surface area contributed by atoms with Gasteiger partial charge in [-0.15, -0.1) is 0 Å². The third kappa shape index (κ3) is 3.17. The van der Waals surface area contributed by atoms with Gasteiger partial charge in [0.15, 0.2) is 12.2 Å². The fourth-order valence-corrected chi connectivity index (χ4v) is 2.20. The Kier molecular flexibility index (Phi) is 3.79. The van der Waals surface area contributed by atoms with E-state index in [0.29, 0.717) is 11.6 Å². The molecule has 0 amide bonds. The molecule has 0 fully saturated rings. The largest absolute Gasteiger partial charge is 0.508 e. The normalized spacial score (nSPS) is 10.5. The number of halogens is 1. The minimum Gasteiger partial charge on any atom is -0.508 e. The molecule has 106 valence electrons. The van der Waals surface area contributed by atoms with E-state index in [0.717, 1.165) is 22.6 Å².